The molecular weight excluding hydrogens is 404 g/mol. The topological polar surface area (TPSA) is 84.9 Å². The SMILES string of the molecule is CCN(Cc1ccc(OC)c(OC)c1)C(=O)CCNS(=O)(=O)c1cc(C)ccc1C. The fraction of sp³-hybridized carbons (Fsp3) is 0.409. The lowest BCUT2D eigenvalue weighted by Crippen LogP contribution is -2.34. The highest BCUT2D eigenvalue weighted by molar-refractivity contribution is 7.89. The van der Waals surface area contributed by atoms with Gasteiger partial charge >= 0.3 is 0 Å². The van der Waals surface area contributed by atoms with Gasteiger partial charge in [0.25, 0.3) is 0 Å². The van der Waals surface area contributed by atoms with E-state index in [0.29, 0.717) is 30.2 Å². The summed E-state index contributed by atoms with van der Waals surface area (Å²) < 4.78 is 38.3. The monoisotopic (exact) mass is 434 g/mol. The van der Waals surface area contributed by atoms with Crippen LogP contribution < -0.4 is 14.2 Å². The van der Waals surface area contributed by atoms with Gasteiger partial charge in [0.2, 0.25) is 15.9 Å². The lowest BCUT2D eigenvalue weighted by atomic mass is 10.1. The zero-order valence-electron chi connectivity index (χ0n) is 18.2. The average molecular weight is 435 g/mol. The van der Waals surface area contributed by atoms with Crippen LogP contribution in [0.25, 0.3) is 0 Å². The Hall–Kier alpha value is -2.58. The highest BCUT2D eigenvalue weighted by atomic mass is 32.2. The molecule has 0 aromatic heterocycles. The zero-order chi connectivity index (χ0) is 22.3. The third kappa shape index (κ3) is 5.96. The summed E-state index contributed by atoms with van der Waals surface area (Å²) in [5.41, 5.74) is 2.44. The lowest BCUT2D eigenvalue weighted by Gasteiger charge is -2.22. The summed E-state index contributed by atoms with van der Waals surface area (Å²) in [6, 6.07) is 10.8. The number of methoxy groups -OCH3 is 2. The number of nitrogens with zero attached hydrogens (tertiary/aromatic N) is 1. The predicted molar refractivity (Wildman–Crippen MR) is 116 cm³/mol. The Bertz CT molecular complexity index is 989. The summed E-state index contributed by atoms with van der Waals surface area (Å²) >= 11 is 0. The molecule has 1 amide bonds. The first-order valence-corrected chi connectivity index (χ1v) is 11.3. The molecule has 0 saturated heterocycles. The quantitative estimate of drug-likeness (QED) is 0.621. The van der Waals surface area contributed by atoms with E-state index >= 15 is 0 Å². The molecule has 0 spiro atoms. The van der Waals surface area contributed by atoms with Crippen LogP contribution in [0.15, 0.2) is 41.3 Å². The summed E-state index contributed by atoms with van der Waals surface area (Å²) in [4.78, 5) is 14.6. The van der Waals surface area contributed by atoms with E-state index in [1.807, 2.05) is 32.0 Å². The van der Waals surface area contributed by atoms with Crippen molar-refractivity contribution in [2.45, 2.75) is 38.6 Å². The molecule has 0 fully saturated rings. The number of carbonyl (C=O) groups excluding carboxylic acids is 1. The molecule has 164 valence electrons. The van der Waals surface area contributed by atoms with Crippen molar-refractivity contribution in [3.05, 3.63) is 53.1 Å². The highest BCUT2D eigenvalue weighted by Crippen LogP contribution is 2.28. The van der Waals surface area contributed by atoms with Gasteiger partial charge in [-0.2, -0.15) is 0 Å². The fourth-order valence-electron chi connectivity index (χ4n) is 3.10. The average Bonchev–Trinajstić information content (AvgIpc) is 2.73. The van der Waals surface area contributed by atoms with Crippen molar-refractivity contribution >= 4 is 15.9 Å². The van der Waals surface area contributed by atoms with Crippen molar-refractivity contribution in [1.82, 2.24) is 9.62 Å². The van der Waals surface area contributed by atoms with Crippen LogP contribution >= 0.6 is 0 Å². The summed E-state index contributed by atoms with van der Waals surface area (Å²) in [5.74, 6) is 1.09. The molecule has 2 rings (SSSR count). The Kier molecular flexibility index (Phi) is 8.25. The van der Waals surface area contributed by atoms with Crippen molar-refractivity contribution in [3.63, 3.8) is 0 Å². The maximum Gasteiger partial charge on any atom is 0.240 e. The molecule has 0 aliphatic carbocycles. The van der Waals surface area contributed by atoms with E-state index in [0.717, 1.165) is 11.1 Å². The van der Waals surface area contributed by atoms with E-state index in [-0.39, 0.29) is 23.8 Å². The number of sulfonamides is 1. The first kappa shape index (κ1) is 23.7. The van der Waals surface area contributed by atoms with Crippen molar-refractivity contribution in [2.24, 2.45) is 0 Å². The molecule has 0 aliphatic rings. The second kappa shape index (κ2) is 10.4. The van der Waals surface area contributed by atoms with E-state index in [1.165, 1.54) is 0 Å². The minimum atomic E-state index is -3.67. The second-order valence-electron chi connectivity index (χ2n) is 7.01. The number of hydrogen-bond acceptors (Lipinski definition) is 5. The number of benzene rings is 2. The lowest BCUT2D eigenvalue weighted by molar-refractivity contribution is -0.131. The molecule has 0 unspecified atom stereocenters. The molecular formula is C22H30N2O5S. The van der Waals surface area contributed by atoms with Crippen molar-refractivity contribution in [3.8, 4) is 11.5 Å². The summed E-state index contributed by atoms with van der Waals surface area (Å²) in [7, 11) is -0.538. The molecule has 0 heterocycles. The number of aryl methyl sites for hydroxylation is 2. The summed E-state index contributed by atoms with van der Waals surface area (Å²) in [5, 5.41) is 0. The smallest absolute Gasteiger partial charge is 0.240 e. The molecule has 0 saturated carbocycles. The van der Waals surface area contributed by atoms with Crippen LogP contribution in [-0.2, 0) is 21.4 Å². The van der Waals surface area contributed by atoms with Gasteiger partial charge in [0.1, 0.15) is 0 Å². The minimum absolute atomic E-state index is 0.0387. The Balaban J connectivity index is 1.99. The van der Waals surface area contributed by atoms with E-state index in [4.69, 9.17) is 9.47 Å². The number of nitrogens with one attached hydrogen (secondary N) is 1. The molecule has 0 bridgehead atoms. The Morgan fingerprint density at radius 2 is 1.73 bits per heavy atom. The number of ether oxygens (including phenoxy) is 2. The minimum Gasteiger partial charge on any atom is -0.493 e. The van der Waals surface area contributed by atoms with Gasteiger partial charge in [-0.05, 0) is 55.7 Å². The second-order valence-corrected chi connectivity index (χ2v) is 8.75. The third-order valence-electron chi connectivity index (χ3n) is 4.82. The maximum atomic E-state index is 12.6. The molecule has 1 N–H and O–H groups in total. The molecule has 0 atom stereocenters. The Morgan fingerprint density at radius 3 is 2.37 bits per heavy atom. The standard InChI is InChI=1S/C22H30N2O5S/c1-6-24(15-18-9-10-19(28-4)20(14-18)29-5)22(25)11-12-23-30(26,27)21-13-16(2)7-8-17(21)3/h7-10,13-14,23H,6,11-12,15H2,1-5H3. The van der Waals surface area contributed by atoms with E-state index < -0.39 is 10.0 Å². The number of amides is 1. The van der Waals surface area contributed by atoms with Crippen molar-refractivity contribution < 1.29 is 22.7 Å². The van der Waals surface area contributed by atoms with Crippen LogP contribution in [0.1, 0.15) is 30.0 Å². The molecule has 0 aliphatic heterocycles. The zero-order valence-corrected chi connectivity index (χ0v) is 19.0. The molecule has 7 nitrogen and oxygen atoms in total. The first-order chi connectivity index (χ1) is 14.2. The number of carbonyl (C=O) groups is 1. The maximum absolute atomic E-state index is 12.6. The fourth-order valence-corrected chi connectivity index (χ4v) is 4.46. The Labute approximate surface area is 179 Å². The van der Waals surface area contributed by atoms with E-state index in [9.17, 15) is 13.2 Å². The molecule has 2 aromatic rings. The van der Waals surface area contributed by atoms with Crippen LogP contribution in [0.2, 0.25) is 0 Å². The molecule has 0 radical (unpaired) electrons. The van der Waals surface area contributed by atoms with Crippen LogP contribution in [0, 0.1) is 13.8 Å². The van der Waals surface area contributed by atoms with Crippen molar-refractivity contribution in [2.75, 3.05) is 27.3 Å². The van der Waals surface area contributed by atoms with Gasteiger partial charge in [-0.1, -0.05) is 18.2 Å². The number of hydrogen-bond donors (Lipinski definition) is 1. The van der Waals surface area contributed by atoms with Gasteiger partial charge in [0.05, 0.1) is 19.1 Å². The van der Waals surface area contributed by atoms with E-state index in [1.54, 1.807) is 44.2 Å². The molecule has 8 heteroatoms. The van der Waals surface area contributed by atoms with Gasteiger partial charge in [0.15, 0.2) is 11.5 Å². The van der Waals surface area contributed by atoms with Crippen molar-refractivity contribution in [1.29, 1.82) is 0 Å². The van der Waals surface area contributed by atoms with Gasteiger partial charge < -0.3 is 14.4 Å². The van der Waals surface area contributed by atoms with Gasteiger partial charge in [-0.15, -0.1) is 0 Å². The largest absolute Gasteiger partial charge is 0.493 e. The van der Waals surface area contributed by atoms with Gasteiger partial charge in [-0.3, -0.25) is 4.79 Å². The van der Waals surface area contributed by atoms with Crippen LogP contribution in [0.5, 0.6) is 11.5 Å². The predicted octanol–water partition coefficient (Wildman–Crippen LogP) is 3.04. The highest BCUT2D eigenvalue weighted by Gasteiger charge is 2.19. The van der Waals surface area contributed by atoms with Crippen LogP contribution in [0.4, 0.5) is 0 Å². The van der Waals surface area contributed by atoms with E-state index in [2.05, 4.69) is 4.72 Å². The van der Waals surface area contributed by atoms with Crippen LogP contribution in [0.3, 0.4) is 0 Å². The third-order valence-corrected chi connectivity index (χ3v) is 6.42. The number of rotatable bonds is 10. The summed E-state index contributed by atoms with van der Waals surface area (Å²) in [6.45, 7) is 6.43. The Morgan fingerprint density at radius 1 is 1.03 bits per heavy atom. The van der Waals surface area contributed by atoms with Gasteiger partial charge in [0, 0.05) is 26.1 Å². The van der Waals surface area contributed by atoms with Crippen LogP contribution in [-0.4, -0.2) is 46.5 Å². The van der Waals surface area contributed by atoms with Gasteiger partial charge in [-0.25, -0.2) is 13.1 Å². The normalized spacial score (nSPS) is 11.2. The summed E-state index contributed by atoms with van der Waals surface area (Å²) in [6.07, 6.45) is 0.0746. The molecule has 30 heavy (non-hydrogen) atoms. The molecule has 2 aromatic carbocycles. The first-order valence-electron chi connectivity index (χ1n) is 9.77.